The number of hydrogen-bond donors (Lipinski definition) is 0. The summed E-state index contributed by atoms with van der Waals surface area (Å²) in [6, 6.07) is 19.2. The molecule has 2 aromatic rings. The third-order valence-electron chi connectivity index (χ3n) is 4.51. The molecule has 4 nitrogen and oxygen atoms in total. The summed E-state index contributed by atoms with van der Waals surface area (Å²) in [5.41, 5.74) is 0.770. The van der Waals surface area contributed by atoms with Gasteiger partial charge in [-0.3, -0.25) is 4.79 Å². The number of ether oxygens (including phenoxy) is 1. The van der Waals surface area contributed by atoms with Gasteiger partial charge in [-0.15, -0.1) is 0 Å². The molecule has 0 N–H and O–H groups in total. The Kier molecular flexibility index (Phi) is 4.65. The van der Waals surface area contributed by atoms with Gasteiger partial charge in [0.05, 0.1) is 6.61 Å². The number of carbonyl (C=O) groups is 2. The molecule has 1 amide bonds. The minimum Gasteiger partial charge on any atom is -0.464 e. The first kappa shape index (κ1) is 16.2. The first-order chi connectivity index (χ1) is 11.7. The second-order valence-corrected chi connectivity index (χ2v) is 5.91. The van der Waals surface area contributed by atoms with Crippen molar-refractivity contribution in [2.45, 2.75) is 31.8 Å². The van der Waals surface area contributed by atoms with Gasteiger partial charge in [0.2, 0.25) is 5.91 Å². The SMILES string of the molecule is CCOC(=O)C1(c2ccccc2)CCC(=O)N1Cc1ccccc1. The van der Waals surface area contributed by atoms with Gasteiger partial charge in [0.25, 0.3) is 0 Å². The van der Waals surface area contributed by atoms with Crippen LogP contribution in [0.2, 0.25) is 0 Å². The van der Waals surface area contributed by atoms with Gasteiger partial charge in [0.1, 0.15) is 0 Å². The van der Waals surface area contributed by atoms with Crippen molar-refractivity contribution in [1.29, 1.82) is 0 Å². The molecule has 0 aliphatic carbocycles. The molecule has 3 rings (SSSR count). The van der Waals surface area contributed by atoms with Crippen LogP contribution in [0, 0.1) is 0 Å². The number of carbonyl (C=O) groups excluding carboxylic acids is 2. The van der Waals surface area contributed by atoms with Crippen LogP contribution in [0.15, 0.2) is 60.7 Å². The molecule has 4 heteroatoms. The Morgan fingerprint density at radius 3 is 2.33 bits per heavy atom. The largest absolute Gasteiger partial charge is 0.464 e. The number of nitrogens with zero attached hydrogens (tertiary/aromatic N) is 1. The molecule has 1 aliphatic heterocycles. The van der Waals surface area contributed by atoms with E-state index >= 15 is 0 Å². The zero-order valence-electron chi connectivity index (χ0n) is 13.8. The van der Waals surface area contributed by atoms with Crippen LogP contribution in [0.4, 0.5) is 0 Å². The van der Waals surface area contributed by atoms with E-state index < -0.39 is 5.54 Å². The van der Waals surface area contributed by atoms with Gasteiger partial charge in [-0.05, 0) is 24.5 Å². The fourth-order valence-electron chi connectivity index (χ4n) is 3.35. The normalized spacial score (nSPS) is 20.2. The van der Waals surface area contributed by atoms with Crippen LogP contribution < -0.4 is 0 Å². The Morgan fingerprint density at radius 1 is 1.08 bits per heavy atom. The first-order valence-corrected chi connectivity index (χ1v) is 8.25. The van der Waals surface area contributed by atoms with Crippen molar-refractivity contribution < 1.29 is 14.3 Å². The standard InChI is InChI=1S/C20H21NO3/c1-2-24-19(23)20(17-11-7-4-8-12-17)14-13-18(22)21(20)15-16-9-5-3-6-10-16/h3-12H,2,13-15H2,1H3. The van der Waals surface area contributed by atoms with Gasteiger partial charge in [-0.2, -0.15) is 0 Å². The van der Waals surface area contributed by atoms with Gasteiger partial charge < -0.3 is 9.64 Å². The summed E-state index contributed by atoms with van der Waals surface area (Å²) in [6.07, 6.45) is 0.794. The fraction of sp³-hybridized carbons (Fsp3) is 0.300. The lowest BCUT2D eigenvalue weighted by Gasteiger charge is -2.36. The average molecular weight is 323 g/mol. The van der Waals surface area contributed by atoms with E-state index in [2.05, 4.69) is 0 Å². The topological polar surface area (TPSA) is 46.6 Å². The van der Waals surface area contributed by atoms with Crippen LogP contribution in [0.1, 0.15) is 30.9 Å². The van der Waals surface area contributed by atoms with Gasteiger partial charge in [-0.1, -0.05) is 60.7 Å². The predicted molar refractivity (Wildman–Crippen MR) is 91.0 cm³/mol. The molecule has 1 atom stereocenters. The number of rotatable bonds is 5. The van der Waals surface area contributed by atoms with E-state index in [1.807, 2.05) is 60.7 Å². The highest BCUT2D eigenvalue weighted by atomic mass is 16.5. The third kappa shape index (κ3) is 2.80. The summed E-state index contributed by atoms with van der Waals surface area (Å²) in [7, 11) is 0. The number of likely N-dealkylation sites (tertiary alicyclic amines) is 1. The molecule has 1 unspecified atom stereocenters. The van der Waals surface area contributed by atoms with Gasteiger partial charge in [-0.25, -0.2) is 4.79 Å². The minimum atomic E-state index is -1.04. The van der Waals surface area contributed by atoms with Gasteiger partial charge in [0.15, 0.2) is 5.54 Å². The summed E-state index contributed by atoms with van der Waals surface area (Å²) in [6.45, 7) is 2.48. The van der Waals surface area contributed by atoms with E-state index in [9.17, 15) is 9.59 Å². The number of benzene rings is 2. The van der Waals surface area contributed by atoms with E-state index in [1.165, 1.54) is 0 Å². The number of esters is 1. The molecule has 0 aromatic heterocycles. The molecule has 0 radical (unpaired) electrons. The quantitative estimate of drug-likeness (QED) is 0.794. The number of hydrogen-bond acceptors (Lipinski definition) is 3. The molecule has 124 valence electrons. The van der Waals surface area contributed by atoms with Crippen LogP contribution >= 0.6 is 0 Å². The highest BCUT2D eigenvalue weighted by Gasteiger charge is 2.53. The van der Waals surface area contributed by atoms with Crippen molar-refractivity contribution >= 4 is 11.9 Å². The molecule has 1 aliphatic rings. The lowest BCUT2D eigenvalue weighted by atomic mass is 9.87. The monoisotopic (exact) mass is 323 g/mol. The Morgan fingerprint density at radius 2 is 1.71 bits per heavy atom. The van der Waals surface area contributed by atoms with Crippen LogP contribution in [0.3, 0.4) is 0 Å². The van der Waals surface area contributed by atoms with Crippen molar-refractivity contribution in [2.75, 3.05) is 6.61 Å². The Balaban J connectivity index is 2.05. The highest BCUT2D eigenvalue weighted by Crippen LogP contribution is 2.41. The lowest BCUT2D eigenvalue weighted by Crippen LogP contribution is -2.49. The van der Waals surface area contributed by atoms with E-state index in [0.717, 1.165) is 11.1 Å². The van der Waals surface area contributed by atoms with E-state index in [-0.39, 0.29) is 11.9 Å². The summed E-state index contributed by atoms with van der Waals surface area (Å²) in [5.74, 6) is -0.367. The maximum absolute atomic E-state index is 12.9. The van der Waals surface area contributed by atoms with Crippen LogP contribution in [-0.2, 0) is 26.4 Å². The number of amides is 1. The van der Waals surface area contributed by atoms with Crippen LogP contribution in [-0.4, -0.2) is 23.4 Å². The molecule has 1 fully saturated rings. The molecule has 24 heavy (non-hydrogen) atoms. The van der Waals surface area contributed by atoms with Gasteiger partial charge in [0, 0.05) is 13.0 Å². The minimum absolute atomic E-state index is 0.0178. The zero-order valence-corrected chi connectivity index (χ0v) is 13.8. The summed E-state index contributed by atoms with van der Waals surface area (Å²) >= 11 is 0. The lowest BCUT2D eigenvalue weighted by molar-refractivity contribution is -0.161. The second-order valence-electron chi connectivity index (χ2n) is 5.91. The molecular weight excluding hydrogens is 302 g/mol. The second kappa shape index (κ2) is 6.87. The Labute approximate surface area is 142 Å². The average Bonchev–Trinajstić information content (AvgIpc) is 2.95. The maximum Gasteiger partial charge on any atom is 0.336 e. The molecule has 1 saturated heterocycles. The third-order valence-corrected chi connectivity index (χ3v) is 4.51. The van der Waals surface area contributed by atoms with Crippen molar-refractivity contribution in [2.24, 2.45) is 0 Å². The molecule has 0 saturated carbocycles. The fourth-order valence-corrected chi connectivity index (χ4v) is 3.35. The molecular formula is C20H21NO3. The Hall–Kier alpha value is -2.62. The Bertz CT molecular complexity index is 714. The van der Waals surface area contributed by atoms with Gasteiger partial charge >= 0.3 is 5.97 Å². The smallest absolute Gasteiger partial charge is 0.336 e. The van der Waals surface area contributed by atoms with Crippen LogP contribution in [0.25, 0.3) is 0 Å². The van der Waals surface area contributed by atoms with Crippen molar-refractivity contribution in [3.8, 4) is 0 Å². The molecule has 0 bridgehead atoms. The highest BCUT2D eigenvalue weighted by molar-refractivity contribution is 5.92. The van der Waals surface area contributed by atoms with Crippen molar-refractivity contribution in [1.82, 2.24) is 4.90 Å². The molecule has 1 heterocycles. The zero-order chi connectivity index (χ0) is 17.0. The van der Waals surface area contributed by atoms with E-state index in [4.69, 9.17) is 4.74 Å². The molecule has 2 aromatic carbocycles. The first-order valence-electron chi connectivity index (χ1n) is 8.25. The molecule has 0 spiro atoms. The summed E-state index contributed by atoms with van der Waals surface area (Å²) < 4.78 is 5.37. The predicted octanol–water partition coefficient (Wildman–Crippen LogP) is 3.27. The summed E-state index contributed by atoms with van der Waals surface area (Å²) in [4.78, 5) is 27.2. The van der Waals surface area contributed by atoms with Crippen LogP contribution in [0.5, 0.6) is 0 Å². The summed E-state index contributed by atoms with van der Waals surface area (Å²) in [5, 5.41) is 0. The van der Waals surface area contributed by atoms with Crippen molar-refractivity contribution in [3.05, 3.63) is 71.8 Å². The van der Waals surface area contributed by atoms with E-state index in [0.29, 0.717) is 26.0 Å². The maximum atomic E-state index is 12.9. The van der Waals surface area contributed by atoms with E-state index in [1.54, 1.807) is 11.8 Å². The van der Waals surface area contributed by atoms with Crippen molar-refractivity contribution in [3.63, 3.8) is 0 Å².